The maximum Gasteiger partial charge on any atom is 0.214 e. The van der Waals surface area contributed by atoms with E-state index in [1.165, 1.54) is 0 Å². The minimum atomic E-state index is -0.822. The molecule has 1 fully saturated rings. The van der Waals surface area contributed by atoms with Crippen molar-refractivity contribution >= 4 is 12.1 Å². The van der Waals surface area contributed by atoms with E-state index >= 15 is 0 Å². The zero-order chi connectivity index (χ0) is 21.4. The zero-order valence-corrected chi connectivity index (χ0v) is 17.5. The molecule has 3 N–H and O–H groups in total. The molecule has 1 aliphatic rings. The number of rotatable bonds is 11. The summed E-state index contributed by atoms with van der Waals surface area (Å²) in [5.41, 5.74) is 7.83. The molecule has 0 aromatic heterocycles. The van der Waals surface area contributed by atoms with Crippen molar-refractivity contribution in [2.45, 2.75) is 57.1 Å². The summed E-state index contributed by atoms with van der Waals surface area (Å²) in [6, 6.07) is 19.0. The van der Waals surface area contributed by atoms with Crippen molar-refractivity contribution in [2.24, 2.45) is 5.73 Å². The number of unbranched alkanes of at least 4 members (excludes halogenated alkanes) is 1. The van der Waals surface area contributed by atoms with Crippen LogP contribution in [0.15, 0.2) is 60.7 Å². The summed E-state index contributed by atoms with van der Waals surface area (Å²) in [7, 11) is 0. The molecule has 6 heteroatoms. The number of ether oxygens (including phenoxy) is 1. The van der Waals surface area contributed by atoms with E-state index in [1.807, 2.05) is 65.6 Å². The molecule has 0 amide bonds. The van der Waals surface area contributed by atoms with E-state index in [-0.39, 0.29) is 0 Å². The lowest BCUT2D eigenvalue weighted by Gasteiger charge is -2.40. The number of nitrogens with one attached hydrogen (secondary N) is 1. The predicted octanol–water partition coefficient (Wildman–Crippen LogP) is 2.62. The second-order valence-electron chi connectivity index (χ2n) is 7.85. The standard InChI is InChI=1S/C24H31N3O3/c1-2-3-14-24(23(25)30-17-20-12-8-5-9-13-20)22(21(29)16-28)27(18-26-24)15-19-10-6-4-7-11-19/h4-13,16,22-23,26H,2-3,14-15,17-18,25H2,1H3. The van der Waals surface area contributed by atoms with Crippen LogP contribution >= 0.6 is 0 Å². The lowest BCUT2D eigenvalue weighted by molar-refractivity contribution is -0.136. The monoisotopic (exact) mass is 409 g/mol. The highest BCUT2D eigenvalue weighted by atomic mass is 16.5. The summed E-state index contributed by atoms with van der Waals surface area (Å²) in [5, 5.41) is 3.47. The van der Waals surface area contributed by atoms with E-state index < -0.39 is 23.6 Å². The van der Waals surface area contributed by atoms with Gasteiger partial charge in [-0.05, 0) is 17.5 Å². The molecule has 0 bridgehead atoms. The average Bonchev–Trinajstić information content (AvgIpc) is 3.16. The molecule has 160 valence electrons. The molecule has 0 saturated carbocycles. The van der Waals surface area contributed by atoms with Crippen LogP contribution in [0.2, 0.25) is 0 Å². The third kappa shape index (κ3) is 5.02. The molecule has 2 aromatic rings. The van der Waals surface area contributed by atoms with Gasteiger partial charge in [0.05, 0.1) is 18.2 Å². The first-order valence-corrected chi connectivity index (χ1v) is 10.5. The van der Waals surface area contributed by atoms with E-state index in [9.17, 15) is 9.59 Å². The van der Waals surface area contributed by atoms with E-state index in [1.54, 1.807) is 0 Å². The van der Waals surface area contributed by atoms with Crippen LogP contribution in [-0.4, -0.2) is 41.4 Å². The highest BCUT2D eigenvalue weighted by molar-refractivity contribution is 6.28. The largest absolute Gasteiger partial charge is 0.357 e. The topological polar surface area (TPSA) is 84.7 Å². The Morgan fingerprint density at radius 1 is 1.20 bits per heavy atom. The van der Waals surface area contributed by atoms with E-state index in [0.717, 1.165) is 24.0 Å². The molecule has 1 heterocycles. The molecule has 0 aliphatic carbocycles. The highest BCUT2D eigenvalue weighted by Crippen LogP contribution is 2.33. The van der Waals surface area contributed by atoms with Crippen molar-refractivity contribution < 1.29 is 14.3 Å². The van der Waals surface area contributed by atoms with Crippen molar-refractivity contribution in [3.63, 3.8) is 0 Å². The van der Waals surface area contributed by atoms with E-state index in [2.05, 4.69) is 12.2 Å². The molecule has 3 unspecified atom stereocenters. The normalized spacial score (nSPS) is 22.7. The maximum absolute atomic E-state index is 12.8. The van der Waals surface area contributed by atoms with Crippen LogP contribution in [0.5, 0.6) is 0 Å². The van der Waals surface area contributed by atoms with Crippen molar-refractivity contribution in [2.75, 3.05) is 6.67 Å². The molecule has 3 rings (SSSR count). The first kappa shape index (κ1) is 22.3. The molecule has 0 spiro atoms. The second-order valence-corrected chi connectivity index (χ2v) is 7.85. The molecule has 2 aromatic carbocycles. The second kappa shape index (κ2) is 10.6. The minimum Gasteiger partial charge on any atom is -0.357 e. The number of carbonyl (C=O) groups excluding carboxylic acids is 2. The van der Waals surface area contributed by atoms with Gasteiger partial charge in [0.1, 0.15) is 6.23 Å². The lowest BCUT2D eigenvalue weighted by atomic mass is 9.81. The van der Waals surface area contributed by atoms with Gasteiger partial charge in [-0.1, -0.05) is 80.4 Å². The average molecular weight is 410 g/mol. The highest BCUT2D eigenvalue weighted by Gasteiger charge is 2.54. The van der Waals surface area contributed by atoms with Gasteiger partial charge in [0, 0.05) is 13.2 Å². The zero-order valence-electron chi connectivity index (χ0n) is 17.5. The number of nitrogens with two attached hydrogens (primary N) is 1. The van der Waals surface area contributed by atoms with Crippen LogP contribution in [0, 0.1) is 0 Å². The minimum absolute atomic E-state index is 0.345. The van der Waals surface area contributed by atoms with Gasteiger partial charge in [0.15, 0.2) is 6.29 Å². The van der Waals surface area contributed by atoms with Crippen molar-refractivity contribution in [3.8, 4) is 0 Å². The molecular formula is C24H31N3O3. The van der Waals surface area contributed by atoms with Crippen molar-refractivity contribution in [1.82, 2.24) is 10.2 Å². The fourth-order valence-electron chi connectivity index (χ4n) is 4.23. The van der Waals surface area contributed by atoms with Crippen molar-refractivity contribution in [3.05, 3.63) is 71.8 Å². The van der Waals surface area contributed by atoms with Crippen LogP contribution in [0.1, 0.15) is 37.3 Å². The van der Waals surface area contributed by atoms with Crippen LogP contribution in [0.3, 0.4) is 0 Å². The maximum atomic E-state index is 12.8. The third-order valence-corrected chi connectivity index (χ3v) is 5.80. The summed E-state index contributed by atoms with van der Waals surface area (Å²) < 4.78 is 6.06. The van der Waals surface area contributed by atoms with E-state index in [0.29, 0.717) is 32.5 Å². The number of hydrogen-bond donors (Lipinski definition) is 2. The predicted molar refractivity (Wildman–Crippen MR) is 116 cm³/mol. The Kier molecular flexibility index (Phi) is 7.87. The van der Waals surface area contributed by atoms with Crippen LogP contribution in [0.25, 0.3) is 0 Å². The number of ketones is 1. The Morgan fingerprint density at radius 3 is 2.43 bits per heavy atom. The van der Waals surface area contributed by atoms with Gasteiger partial charge in [-0.3, -0.25) is 19.8 Å². The summed E-state index contributed by atoms with van der Waals surface area (Å²) >= 11 is 0. The number of Topliss-reactive ketones (excluding diaryl/α,β-unsaturated/α-hetero) is 1. The summed E-state index contributed by atoms with van der Waals surface area (Å²) in [6.07, 6.45) is 2.15. The van der Waals surface area contributed by atoms with Gasteiger partial charge >= 0.3 is 0 Å². The van der Waals surface area contributed by atoms with Crippen molar-refractivity contribution in [1.29, 1.82) is 0 Å². The van der Waals surface area contributed by atoms with Gasteiger partial charge in [0.25, 0.3) is 0 Å². The van der Waals surface area contributed by atoms with Gasteiger partial charge in [-0.15, -0.1) is 0 Å². The van der Waals surface area contributed by atoms with Gasteiger partial charge in [-0.2, -0.15) is 0 Å². The number of carbonyl (C=O) groups is 2. The Balaban J connectivity index is 1.85. The van der Waals surface area contributed by atoms with Gasteiger partial charge < -0.3 is 10.5 Å². The summed E-state index contributed by atoms with van der Waals surface area (Å²) in [6.45, 7) is 3.46. The molecular weight excluding hydrogens is 378 g/mol. The molecule has 3 atom stereocenters. The Morgan fingerprint density at radius 2 is 1.83 bits per heavy atom. The molecule has 30 heavy (non-hydrogen) atoms. The first-order chi connectivity index (χ1) is 14.6. The first-order valence-electron chi connectivity index (χ1n) is 10.5. The number of nitrogens with zero attached hydrogens (tertiary/aromatic N) is 1. The van der Waals surface area contributed by atoms with Gasteiger partial charge in [0.2, 0.25) is 5.78 Å². The number of aldehydes is 1. The van der Waals surface area contributed by atoms with Crippen LogP contribution in [0.4, 0.5) is 0 Å². The number of benzene rings is 2. The number of hydrogen-bond acceptors (Lipinski definition) is 6. The Hall–Kier alpha value is -2.38. The summed E-state index contributed by atoms with van der Waals surface area (Å²) in [5.74, 6) is -0.467. The van der Waals surface area contributed by atoms with Crippen LogP contribution < -0.4 is 11.1 Å². The third-order valence-electron chi connectivity index (χ3n) is 5.80. The summed E-state index contributed by atoms with van der Waals surface area (Å²) in [4.78, 5) is 26.4. The van der Waals surface area contributed by atoms with E-state index in [4.69, 9.17) is 10.5 Å². The molecule has 1 saturated heterocycles. The smallest absolute Gasteiger partial charge is 0.214 e. The fourth-order valence-corrected chi connectivity index (χ4v) is 4.23. The van der Waals surface area contributed by atoms with Crippen LogP contribution in [-0.2, 0) is 27.5 Å². The Labute approximate surface area is 178 Å². The van der Waals surface area contributed by atoms with Gasteiger partial charge in [-0.25, -0.2) is 0 Å². The Bertz CT molecular complexity index is 815. The molecule has 0 radical (unpaired) electrons. The molecule has 1 aliphatic heterocycles. The lowest BCUT2D eigenvalue weighted by Crippen LogP contribution is -2.65. The quantitative estimate of drug-likeness (QED) is 0.337. The SMILES string of the molecule is CCCCC1(C(N)OCc2ccccc2)NCN(Cc2ccccc2)C1C(=O)C=O. The molecule has 6 nitrogen and oxygen atoms in total. The fraction of sp³-hybridized carbons (Fsp3) is 0.417.